The number of hydrogen-bond acceptors (Lipinski definition) is 3. The van der Waals surface area contributed by atoms with Crippen LogP contribution in [0.2, 0.25) is 0 Å². The molecule has 0 amide bonds. The Labute approximate surface area is 101 Å². The van der Waals surface area contributed by atoms with Crippen LogP contribution in [0, 0.1) is 5.92 Å². The molecule has 4 nitrogen and oxygen atoms in total. The number of H-pyrrole nitrogens is 1. The van der Waals surface area contributed by atoms with Crippen molar-refractivity contribution in [3.05, 3.63) is 22.2 Å². The van der Waals surface area contributed by atoms with E-state index in [-0.39, 0.29) is 5.56 Å². The number of aromatic amines is 1. The van der Waals surface area contributed by atoms with Crippen molar-refractivity contribution < 1.29 is 0 Å². The van der Waals surface area contributed by atoms with Gasteiger partial charge in [0.25, 0.3) is 5.56 Å². The van der Waals surface area contributed by atoms with Crippen molar-refractivity contribution >= 4 is 5.82 Å². The van der Waals surface area contributed by atoms with Crippen molar-refractivity contribution in [2.45, 2.75) is 44.4 Å². The van der Waals surface area contributed by atoms with Crippen LogP contribution in [-0.2, 0) is 0 Å². The topological polar surface area (TPSA) is 57.8 Å². The quantitative estimate of drug-likeness (QED) is 0.820. The molecule has 1 aromatic rings. The van der Waals surface area contributed by atoms with Gasteiger partial charge in [0.1, 0.15) is 11.6 Å². The van der Waals surface area contributed by atoms with Crippen molar-refractivity contribution in [2.75, 3.05) is 11.9 Å². The molecule has 0 aliphatic heterocycles. The molecule has 17 heavy (non-hydrogen) atoms. The van der Waals surface area contributed by atoms with Gasteiger partial charge in [-0.1, -0.05) is 19.3 Å². The van der Waals surface area contributed by atoms with Crippen molar-refractivity contribution in [1.29, 1.82) is 0 Å². The standard InChI is InChI=1S/C13H19N3O/c17-12-8-11(14-7-6-9-2-1-3-9)15-13(16-12)10-4-5-10/h8-10H,1-7H2,(H2,14,15,16,17). The number of rotatable bonds is 5. The SMILES string of the molecule is O=c1cc(NCCC2CCC2)nc(C2CC2)[nH]1. The third kappa shape index (κ3) is 2.68. The molecule has 1 aromatic heterocycles. The Hall–Kier alpha value is -1.32. The summed E-state index contributed by atoms with van der Waals surface area (Å²) in [6.45, 7) is 0.936. The summed E-state index contributed by atoms with van der Waals surface area (Å²) in [7, 11) is 0. The monoisotopic (exact) mass is 233 g/mol. The molecule has 0 radical (unpaired) electrons. The van der Waals surface area contributed by atoms with Gasteiger partial charge in [-0.25, -0.2) is 4.98 Å². The van der Waals surface area contributed by atoms with Gasteiger partial charge in [0, 0.05) is 18.5 Å². The van der Waals surface area contributed by atoms with E-state index in [9.17, 15) is 4.79 Å². The van der Waals surface area contributed by atoms with Gasteiger partial charge in [-0.3, -0.25) is 4.79 Å². The van der Waals surface area contributed by atoms with Gasteiger partial charge in [0.15, 0.2) is 0 Å². The van der Waals surface area contributed by atoms with Crippen LogP contribution in [0.15, 0.2) is 10.9 Å². The summed E-state index contributed by atoms with van der Waals surface area (Å²) in [6, 6.07) is 1.56. The van der Waals surface area contributed by atoms with E-state index in [1.807, 2.05) is 0 Å². The number of aromatic nitrogens is 2. The lowest BCUT2D eigenvalue weighted by molar-refractivity contribution is 0.303. The highest BCUT2D eigenvalue weighted by molar-refractivity contribution is 5.33. The van der Waals surface area contributed by atoms with Crippen molar-refractivity contribution in [3.8, 4) is 0 Å². The second-order valence-corrected chi connectivity index (χ2v) is 5.30. The lowest BCUT2D eigenvalue weighted by Gasteiger charge is -2.25. The Kier molecular flexibility index (Phi) is 2.87. The van der Waals surface area contributed by atoms with E-state index in [0.717, 1.165) is 36.9 Å². The fourth-order valence-corrected chi connectivity index (χ4v) is 2.30. The molecule has 2 aliphatic carbocycles. The van der Waals surface area contributed by atoms with Gasteiger partial charge in [-0.05, 0) is 25.2 Å². The zero-order chi connectivity index (χ0) is 11.7. The molecular formula is C13H19N3O. The predicted molar refractivity (Wildman–Crippen MR) is 67.3 cm³/mol. The third-order valence-corrected chi connectivity index (χ3v) is 3.81. The average molecular weight is 233 g/mol. The zero-order valence-corrected chi connectivity index (χ0v) is 10.0. The second kappa shape index (κ2) is 4.51. The minimum Gasteiger partial charge on any atom is -0.370 e. The summed E-state index contributed by atoms with van der Waals surface area (Å²) in [4.78, 5) is 18.8. The lowest BCUT2D eigenvalue weighted by atomic mass is 9.83. The summed E-state index contributed by atoms with van der Waals surface area (Å²) < 4.78 is 0. The summed E-state index contributed by atoms with van der Waals surface area (Å²) in [5.74, 6) is 3.00. The molecule has 2 aliphatic rings. The first kappa shape index (κ1) is 10.8. The predicted octanol–water partition coefficient (Wildman–Crippen LogP) is 2.25. The molecule has 0 spiro atoms. The van der Waals surface area contributed by atoms with Crippen LogP contribution in [0.3, 0.4) is 0 Å². The number of nitrogens with zero attached hydrogens (tertiary/aromatic N) is 1. The van der Waals surface area contributed by atoms with Crippen molar-refractivity contribution in [3.63, 3.8) is 0 Å². The molecule has 0 bridgehead atoms. The van der Waals surface area contributed by atoms with Gasteiger partial charge in [-0.15, -0.1) is 0 Å². The first-order valence-corrected chi connectivity index (χ1v) is 6.66. The molecule has 1 heterocycles. The van der Waals surface area contributed by atoms with E-state index in [0.29, 0.717) is 5.92 Å². The van der Waals surface area contributed by atoms with Crippen LogP contribution in [0.25, 0.3) is 0 Å². The Morgan fingerprint density at radius 1 is 1.35 bits per heavy atom. The Morgan fingerprint density at radius 2 is 2.18 bits per heavy atom. The van der Waals surface area contributed by atoms with Gasteiger partial charge >= 0.3 is 0 Å². The molecule has 2 fully saturated rings. The molecule has 0 aromatic carbocycles. The Bertz CT molecular complexity index is 446. The highest BCUT2D eigenvalue weighted by Gasteiger charge is 2.26. The minimum absolute atomic E-state index is 0.0342. The average Bonchev–Trinajstić information content (AvgIpc) is 3.04. The molecule has 4 heteroatoms. The molecule has 0 atom stereocenters. The first-order chi connectivity index (χ1) is 8.31. The number of nitrogens with one attached hydrogen (secondary N) is 2. The Balaban J connectivity index is 1.59. The molecule has 92 valence electrons. The Morgan fingerprint density at radius 3 is 2.82 bits per heavy atom. The second-order valence-electron chi connectivity index (χ2n) is 5.30. The summed E-state index contributed by atoms with van der Waals surface area (Å²) in [5, 5.41) is 3.28. The lowest BCUT2D eigenvalue weighted by Crippen LogP contribution is -2.18. The van der Waals surface area contributed by atoms with Crippen LogP contribution >= 0.6 is 0 Å². The van der Waals surface area contributed by atoms with Crippen LogP contribution in [0.1, 0.15) is 50.3 Å². The molecular weight excluding hydrogens is 214 g/mol. The minimum atomic E-state index is -0.0342. The maximum absolute atomic E-state index is 11.5. The summed E-state index contributed by atoms with van der Waals surface area (Å²) >= 11 is 0. The third-order valence-electron chi connectivity index (χ3n) is 3.81. The van der Waals surface area contributed by atoms with E-state index >= 15 is 0 Å². The van der Waals surface area contributed by atoms with Crippen LogP contribution in [0.5, 0.6) is 0 Å². The zero-order valence-electron chi connectivity index (χ0n) is 10.0. The van der Waals surface area contributed by atoms with E-state index in [2.05, 4.69) is 15.3 Å². The molecule has 2 saturated carbocycles. The summed E-state index contributed by atoms with van der Waals surface area (Å²) in [6.07, 6.45) is 7.66. The smallest absolute Gasteiger partial charge is 0.252 e. The van der Waals surface area contributed by atoms with E-state index in [1.165, 1.54) is 25.7 Å². The first-order valence-electron chi connectivity index (χ1n) is 6.66. The van der Waals surface area contributed by atoms with Crippen LogP contribution in [0.4, 0.5) is 5.82 Å². The van der Waals surface area contributed by atoms with Gasteiger partial charge in [0.05, 0.1) is 0 Å². The molecule has 0 unspecified atom stereocenters. The van der Waals surface area contributed by atoms with E-state index < -0.39 is 0 Å². The van der Waals surface area contributed by atoms with Crippen molar-refractivity contribution in [1.82, 2.24) is 9.97 Å². The van der Waals surface area contributed by atoms with Crippen LogP contribution < -0.4 is 10.9 Å². The summed E-state index contributed by atoms with van der Waals surface area (Å²) in [5.41, 5.74) is -0.0342. The fourth-order valence-electron chi connectivity index (χ4n) is 2.30. The molecule has 2 N–H and O–H groups in total. The fraction of sp³-hybridized carbons (Fsp3) is 0.692. The van der Waals surface area contributed by atoms with E-state index in [1.54, 1.807) is 6.07 Å². The highest BCUT2D eigenvalue weighted by atomic mass is 16.1. The van der Waals surface area contributed by atoms with Crippen LogP contribution in [-0.4, -0.2) is 16.5 Å². The van der Waals surface area contributed by atoms with Crippen molar-refractivity contribution in [2.24, 2.45) is 5.92 Å². The normalized spacial score (nSPS) is 20.0. The van der Waals surface area contributed by atoms with Gasteiger partial charge in [-0.2, -0.15) is 0 Å². The van der Waals surface area contributed by atoms with Gasteiger partial charge in [0.2, 0.25) is 0 Å². The molecule has 3 rings (SSSR count). The highest BCUT2D eigenvalue weighted by Crippen LogP contribution is 2.37. The molecule has 0 saturated heterocycles. The maximum Gasteiger partial charge on any atom is 0.252 e. The largest absolute Gasteiger partial charge is 0.370 e. The maximum atomic E-state index is 11.5. The number of anilines is 1. The van der Waals surface area contributed by atoms with Gasteiger partial charge < -0.3 is 10.3 Å². The number of hydrogen-bond donors (Lipinski definition) is 2. The van der Waals surface area contributed by atoms with E-state index in [4.69, 9.17) is 0 Å².